The summed E-state index contributed by atoms with van der Waals surface area (Å²) in [4.78, 5) is 80.2. The number of benzene rings is 3. The SMILES string of the molecule is O=C1CCC(=O)N[C@H](CC2CC=CS2)C(=O)N[C@@H](Cc2cccc(C(F)(F)F)c2)C(=O)N[C@H](Cc2ccccc2)C(=O)N[C@H](C(=O)O)Cc2ccc(cc2)N1. The maximum Gasteiger partial charge on any atom is 0.416 e. The summed E-state index contributed by atoms with van der Waals surface area (Å²) < 4.78 is 41.0. The summed E-state index contributed by atoms with van der Waals surface area (Å²) in [7, 11) is 0. The Hall–Kier alpha value is -5.64. The number of thioether (sulfide) groups is 1. The fourth-order valence-electron chi connectivity index (χ4n) is 6.15. The van der Waals surface area contributed by atoms with Crippen LogP contribution in [0.5, 0.6) is 0 Å². The molecule has 0 fully saturated rings. The molecule has 3 aliphatic rings. The molecule has 0 aliphatic carbocycles. The standard InChI is InChI=1S/C39H40F3N5O7S/c40-39(41,42)26-9-4-8-25(18-26)21-30-35(50)45-29(19-23-6-2-1-3-7-23)36(51)47-32(38(53)54)20-24-11-13-27(14-12-24)43-33(48)15-16-34(49)44-31(37(52)46-30)22-28-10-5-17-55-28/h1-9,11-14,17-18,28-32H,10,15-16,19-22H2,(H,43,48)(H,44,49)(H,45,50)(H,46,52)(H,47,51)(H,53,54)/t28?,29-,30+,31-,32+/m1/s1. The molecule has 0 radical (unpaired) electrons. The number of hydrogen-bond acceptors (Lipinski definition) is 7. The second kappa shape index (κ2) is 18.6. The number of carboxylic acids is 1. The summed E-state index contributed by atoms with van der Waals surface area (Å²) in [5.74, 6) is -5.08. The van der Waals surface area contributed by atoms with Gasteiger partial charge in [-0.3, -0.25) is 24.0 Å². The fourth-order valence-corrected chi connectivity index (χ4v) is 7.12. The molecule has 12 nitrogen and oxygen atoms in total. The molecule has 2 bridgehead atoms. The number of halogens is 3. The van der Waals surface area contributed by atoms with E-state index in [4.69, 9.17) is 0 Å². The first-order chi connectivity index (χ1) is 26.2. The summed E-state index contributed by atoms with van der Waals surface area (Å²) in [6, 6.07) is 13.4. The van der Waals surface area contributed by atoms with Crippen LogP contribution < -0.4 is 26.6 Å². The highest BCUT2D eigenvalue weighted by Gasteiger charge is 2.34. The molecule has 3 aromatic carbocycles. The zero-order chi connectivity index (χ0) is 39.5. The lowest BCUT2D eigenvalue weighted by Gasteiger charge is -2.27. The van der Waals surface area contributed by atoms with Crippen LogP contribution >= 0.6 is 11.8 Å². The lowest BCUT2D eigenvalue weighted by molar-refractivity contribution is -0.142. The molecule has 5 atom stereocenters. The molecule has 0 saturated carbocycles. The van der Waals surface area contributed by atoms with Crippen molar-refractivity contribution in [3.8, 4) is 0 Å². The van der Waals surface area contributed by atoms with E-state index in [0.29, 0.717) is 23.2 Å². The smallest absolute Gasteiger partial charge is 0.416 e. The van der Waals surface area contributed by atoms with Crippen LogP contribution in [0.4, 0.5) is 18.9 Å². The van der Waals surface area contributed by atoms with Crippen molar-refractivity contribution in [2.45, 2.75) is 80.5 Å². The predicted octanol–water partition coefficient (Wildman–Crippen LogP) is 3.90. The molecule has 3 aliphatic heterocycles. The highest BCUT2D eigenvalue weighted by molar-refractivity contribution is 8.03. The van der Waals surface area contributed by atoms with Crippen molar-refractivity contribution in [2.24, 2.45) is 0 Å². The third-order valence-corrected chi connectivity index (χ3v) is 10.1. The lowest BCUT2D eigenvalue weighted by Crippen LogP contribution is -2.59. The number of aliphatic carboxylic acids is 1. The zero-order valence-electron chi connectivity index (χ0n) is 29.4. The molecular formula is C39H40F3N5O7S. The first-order valence-corrected chi connectivity index (χ1v) is 18.5. The third-order valence-electron chi connectivity index (χ3n) is 9.03. The molecule has 3 aromatic rings. The number of carboxylic acid groups (broad SMARTS) is 1. The normalized spacial score (nSPS) is 23.1. The number of amides is 5. The van der Waals surface area contributed by atoms with Crippen molar-refractivity contribution in [1.29, 1.82) is 0 Å². The first-order valence-electron chi connectivity index (χ1n) is 17.6. The number of hydrogen-bond donors (Lipinski definition) is 6. The number of alkyl halides is 3. The highest BCUT2D eigenvalue weighted by atomic mass is 32.2. The minimum Gasteiger partial charge on any atom is -0.480 e. The van der Waals surface area contributed by atoms with Gasteiger partial charge in [0.05, 0.1) is 5.56 Å². The van der Waals surface area contributed by atoms with Gasteiger partial charge < -0.3 is 31.7 Å². The molecule has 16 heteroatoms. The first kappa shape index (κ1) is 40.5. The molecule has 0 saturated heterocycles. The van der Waals surface area contributed by atoms with E-state index < -0.39 is 77.8 Å². The van der Waals surface area contributed by atoms with Gasteiger partial charge in [-0.25, -0.2) is 4.79 Å². The molecule has 0 spiro atoms. The third kappa shape index (κ3) is 12.2. The number of fused-ring (bicyclic) bond motifs is 18. The van der Waals surface area contributed by atoms with E-state index in [0.717, 1.165) is 12.1 Å². The average Bonchev–Trinajstić information content (AvgIpc) is 3.66. The Morgan fingerprint density at radius 1 is 0.727 bits per heavy atom. The van der Waals surface area contributed by atoms with E-state index in [9.17, 15) is 47.0 Å². The van der Waals surface area contributed by atoms with Crippen LogP contribution in [0.15, 0.2) is 90.3 Å². The Kier molecular flexibility index (Phi) is 13.7. The molecular weight excluding hydrogens is 740 g/mol. The Morgan fingerprint density at radius 2 is 1.35 bits per heavy atom. The Balaban J connectivity index is 1.51. The van der Waals surface area contributed by atoms with E-state index >= 15 is 0 Å². The quantitative estimate of drug-likeness (QED) is 0.195. The van der Waals surface area contributed by atoms with E-state index in [-0.39, 0.29) is 42.9 Å². The predicted molar refractivity (Wildman–Crippen MR) is 198 cm³/mol. The molecule has 0 aromatic heterocycles. The van der Waals surface area contributed by atoms with Crippen LogP contribution in [0.2, 0.25) is 0 Å². The van der Waals surface area contributed by atoms with Crippen molar-refractivity contribution in [1.82, 2.24) is 21.3 Å². The van der Waals surface area contributed by atoms with Gasteiger partial charge in [-0.1, -0.05) is 66.7 Å². The number of nitrogens with one attached hydrogen (secondary N) is 5. The second-order valence-corrected chi connectivity index (χ2v) is 14.5. The van der Waals surface area contributed by atoms with E-state index in [1.807, 2.05) is 11.5 Å². The Morgan fingerprint density at radius 3 is 1.98 bits per heavy atom. The highest BCUT2D eigenvalue weighted by Crippen LogP contribution is 2.30. The lowest BCUT2D eigenvalue weighted by atomic mass is 9.99. The van der Waals surface area contributed by atoms with Crippen molar-refractivity contribution >= 4 is 53.0 Å². The summed E-state index contributed by atoms with van der Waals surface area (Å²) >= 11 is 1.44. The van der Waals surface area contributed by atoms with Gasteiger partial charge in [0.1, 0.15) is 24.2 Å². The maximum atomic E-state index is 14.2. The molecule has 6 N–H and O–H groups in total. The van der Waals surface area contributed by atoms with Gasteiger partial charge in [-0.2, -0.15) is 13.2 Å². The van der Waals surface area contributed by atoms with Gasteiger partial charge in [0.2, 0.25) is 29.5 Å². The van der Waals surface area contributed by atoms with Crippen LogP contribution in [0.1, 0.15) is 47.9 Å². The minimum atomic E-state index is -4.70. The van der Waals surface area contributed by atoms with Crippen LogP contribution in [0.3, 0.4) is 0 Å². The van der Waals surface area contributed by atoms with Crippen molar-refractivity contribution in [2.75, 3.05) is 5.32 Å². The number of anilines is 1. The minimum absolute atomic E-state index is 0.0452. The van der Waals surface area contributed by atoms with E-state index in [2.05, 4.69) is 26.6 Å². The number of carbonyl (C=O) groups excluding carboxylic acids is 5. The Bertz CT molecular complexity index is 1900. The van der Waals surface area contributed by atoms with Crippen molar-refractivity contribution < 1.29 is 47.0 Å². The second-order valence-electron chi connectivity index (χ2n) is 13.3. The average molecular weight is 780 g/mol. The van der Waals surface area contributed by atoms with E-state index in [1.54, 1.807) is 54.6 Å². The van der Waals surface area contributed by atoms with Gasteiger partial charge in [0.15, 0.2) is 0 Å². The summed E-state index contributed by atoms with van der Waals surface area (Å²) in [6.07, 6.45) is -3.30. The van der Waals surface area contributed by atoms with Gasteiger partial charge in [-0.05, 0) is 53.1 Å². The fraction of sp³-hybridized carbons (Fsp3) is 0.333. The van der Waals surface area contributed by atoms with Crippen LogP contribution in [0.25, 0.3) is 0 Å². The van der Waals surface area contributed by atoms with Crippen molar-refractivity contribution in [3.05, 3.63) is 113 Å². The molecule has 6 rings (SSSR count). The number of allylic oxidation sites excluding steroid dienone is 1. The van der Waals surface area contributed by atoms with Crippen molar-refractivity contribution in [3.63, 3.8) is 0 Å². The molecule has 55 heavy (non-hydrogen) atoms. The molecule has 1 unspecified atom stereocenters. The van der Waals surface area contributed by atoms with Crippen LogP contribution in [0, 0.1) is 0 Å². The molecule has 290 valence electrons. The van der Waals surface area contributed by atoms with Crippen LogP contribution in [-0.4, -0.2) is 70.0 Å². The summed E-state index contributed by atoms with van der Waals surface area (Å²) in [6.45, 7) is 0. The zero-order valence-corrected chi connectivity index (χ0v) is 30.3. The van der Waals surface area contributed by atoms with E-state index in [1.165, 1.54) is 23.9 Å². The number of rotatable bonds is 7. The monoisotopic (exact) mass is 779 g/mol. The van der Waals surface area contributed by atoms with Gasteiger partial charge in [0, 0.05) is 43.0 Å². The number of carbonyl (C=O) groups is 6. The topological polar surface area (TPSA) is 183 Å². The molecule has 3 heterocycles. The van der Waals surface area contributed by atoms with Gasteiger partial charge in [-0.15, -0.1) is 11.8 Å². The molecule has 5 amide bonds. The summed E-state index contributed by atoms with van der Waals surface area (Å²) in [5.41, 5.74) is 0.558. The Labute approximate surface area is 319 Å². The van der Waals surface area contributed by atoms with Crippen LogP contribution in [-0.2, 0) is 54.2 Å². The maximum absolute atomic E-state index is 14.2. The van der Waals surface area contributed by atoms with Gasteiger partial charge in [0.25, 0.3) is 0 Å². The largest absolute Gasteiger partial charge is 0.480 e. The summed E-state index contributed by atoms with van der Waals surface area (Å²) in [5, 5.41) is 24.8. The van der Waals surface area contributed by atoms with Gasteiger partial charge >= 0.3 is 12.1 Å².